The zero-order valence-corrected chi connectivity index (χ0v) is 17.3. The molecular formula is C19H21BrN2O6. The lowest BCUT2D eigenvalue weighted by Crippen LogP contribution is -2.41. The fraction of sp³-hybridized carbons (Fsp3) is 0.263. The third-order valence-electron chi connectivity index (χ3n) is 3.67. The largest absolute Gasteiger partial charge is 0.493 e. The summed E-state index contributed by atoms with van der Waals surface area (Å²) in [6.45, 7) is 0.670. The second kappa shape index (κ2) is 10.5. The van der Waals surface area contributed by atoms with E-state index >= 15 is 0 Å². The lowest BCUT2D eigenvalue weighted by atomic mass is 10.2. The molecule has 2 N–H and O–H groups in total. The summed E-state index contributed by atoms with van der Waals surface area (Å²) in [4.78, 5) is 24.8. The minimum atomic E-state index is -0.525. The molecule has 2 aromatic rings. The van der Waals surface area contributed by atoms with E-state index in [-0.39, 0.29) is 12.2 Å². The van der Waals surface area contributed by atoms with Gasteiger partial charge in [0.05, 0.1) is 26.4 Å². The van der Waals surface area contributed by atoms with Gasteiger partial charge in [0.1, 0.15) is 12.4 Å². The average Bonchev–Trinajstić information content (AvgIpc) is 2.72. The standard InChI is InChI=1S/C19H21BrN2O6/c1-25-8-9-28-15-7-5-13(20)11-14(15)19(24)22-21-18(23)12-4-6-16(26-2)17(10-12)27-3/h4-7,10-11H,8-9H2,1-3H3,(H,21,23)(H,22,24). The first-order chi connectivity index (χ1) is 13.5. The highest BCUT2D eigenvalue weighted by Crippen LogP contribution is 2.27. The van der Waals surface area contributed by atoms with Crippen LogP contribution in [0.4, 0.5) is 0 Å². The maximum absolute atomic E-state index is 12.5. The van der Waals surface area contributed by atoms with Gasteiger partial charge in [-0.2, -0.15) is 0 Å². The number of halogens is 1. The van der Waals surface area contributed by atoms with E-state index in [0.717, 1.165) is 0 Å². The number of rotatable bonds is 8. The molecule has 0 fully saturated rings. The molecule has 0 aliphatic carbocycles. The Hall–Kier alpha value is -2.78. The monoisotopic (exact) mass is 452 g/mol. The molecule has 0 spiro atoms. The highest BCUT2D eigenvalue weighted by Gasteiger charge is 2.16. The lowest BCUT2D eigenvalue weighted by Gasteiger charge is -2.13. The van der Waals surface area contributed by atoms with Crippen molar-refractivity contribution >= 4 is 27.7 Å². The summed E-state index contributed by atoms with van der Waals surface area (Å²) in [6, 6.07) is 9.68. The Morgan fingerprint density at radius 2 is 1.54 bits per heavy atom. The Morgan fingerprint density at radius 3 is 2.21 bits per heavy atom. The topological polar surface area (TPSA) is 95.1 Å². The van der Waals surface area contributed by atoms with Crippen LogP contribution in [0.1, 0.15) is 20.7 Å². The van der Waals surface area contributed by atoms with Crippen LogP contribution >= 0.6 is 15.9 Å². The Kier molecular flexibility index (Phi) is 8.09. The molecule has 150 valence electrons. The minimum Gasteiger partial charge on any atom is -0.493 e. The van der Waals surface area contributed by atoms with Gasteiger partial charge in [-0.1, -0.05) is 15.9 Å². The fourth-order valence-corrected chi connectivity index (χ4v) is 2.63. The number of nitrogens with one attached hydrogen (secondary N) is 2. The summed E-state index contributed by atoms with van der Waals surface area (Å²) >= 11 is 3.32. The van der Waals surface area contributed by atoms with E-state index < -0.39 is 11.8 Å². The molecule has 0 aliphatic rings. The van der Waals surface area contributed by atoms with Crippen molar-refractivity contribution in [2.75, 3.05) is 34.5 Å². The number of amides is 2. The van der Waals surface area contributed by atoms with E-state index in [1.807, 2.05) is 0 Å². The van der Waals surface area contributed by atoms with Gasteiger partial charge in [0, 0.05) is 17.1 Å². The van der Waals surface area contributed by atoms with Gasteiger partial charge < -0.3 is 18.9 Å². The van der Waals surface area contributed by atoms with E-state index in [1.165, 1.54) is 20.3 Å². The van der Waals surface area contributed by atoms with Gasteiger partial charge >= 0.3 is 0 Å². The molecule has 0 bridgehead atoms. The number of hydrazine groups is 1. The molecule has 0 unspecified atom stereocenters. The van der Waals surface area contributed by atoms with E-state index in [0.29, 0.717) is 33.9 Å². The van der Waals surface area contributed by atoms with Crippen molar-refractivity contribution in [1.82, 2.24) is 10.9 Å². The van der Waals surface area contributed by atoms with Gasteiger partial charge in [-0.05, 0) is 36.4 Å². The Morgan fingerprint density at radius 1 is 0.857 bits per heavy atom. The average molecular weight is 453 g/mol. The van der Waals surface area contributed by atoms with Crippen LogP contribution in [0.15, 0.2) is 40.9 Å². The molecule has 0 radical (unpaired) electrons. The van der Waals surface area contributed by atoms with Crippen LogP contribution in [0.3, 0.4) is 0 Å². The smallest absolute Gasteiger partial charge is 0.273 e. The van der Waals surface area contributed by atoms with Crippen molar-refractivity contribution in [2.45, 2.75) is 0 Å². The van der Waals surface area contributed by atoms with Crippen molar-refractivity contribution in [3.8, 4) is 17.2 Å². The van der Waals surface area contributed by atoms with Gasteiger partial charge in [-0.15, -0.1) is 0 Å². The quantitative estimate of drug-likeness (QED) is 0.472. The summed E-state index contributed by atoms with van der Waals surface area (Å²) in [7, 11) is 4.53. The molecule has 0 saturated carbocycles. The number of methoxy groups -OCH3 is 3. The molecule has 9 heteroatoms. The van der Waals surface area contributed by atoms with Gasteiger partial charge in [0.15, 0.2) is 11.5 Å². The number of hydrogen-bond acceptors (Lipinski definition) is 6. The Balaban J connectivity index is 2.07. The zero-order chi connectivity index (χ0) is 20.5. The third kappa shape index (κ3) is 5.61. The molecule has 0 heterocycles. The SMILES string of the molecule is COCCOc1ccc(Br)cc1C(=O)NNC(=O)c1ccc(OC)c(OC)c1. The van der Waals surface area contributed by atoms with Crippen molar-refractivity contribution in [3.63, 3.8) is 0 Å². The number of carbonyl (C=O) groups excluding carboxylic acids is 2. The highest BCUT2D eigenvalue weighted by atomic mass is 79.9. The molecule has 0 saturated heterocycles. The first kappa shape index (κ1) is 21.5. The maximum atomic E-state index is 12.5. The summed E-state index contributed by atoms with van der Waals surface area (Å²) in [5.41, 5.74) is 5.31. The van der Waals surface area contributed by atoms with Crippen LogP contribution in [-0.2, 0) is 4.74 Å². The second-order valence-corrected chi connectivity index (χ2v) is 6.38. The van der Waals surface area contributed by atoms with Crippen LogP contribution < -0.4 is 25.1 Å². The predicted molar refractivity (Wildman–Crippen MR) is 106 cm³/mol. The first-order valence-electron chi connectivity index (χ1n) is 8.24. The first-order valence-corrected chi connectivity index (χ1v) is 9.03. The van der Waals surface area contributed by atoms with Gasteiger partial charge in [-0.3, -0.25) is 20.4 Å². The van der Waals surface area contributed by atoms with E-state index in [2.05, 4.69) is 26.8 Å². The number of hydrogen-bond donors (Lipinski definition) is 2. The van der Waals surface area contributed by atoms with Gasteiger partial charge in [-0.25, -0.2) is 0 Å². The third-order valence-corrected chi connectivity index (χ3v) is 4.16. The second-order valence-electron chi connectivity index (χ2n) is 5.46. The van der Waals surface area contributed by atoms with Gasteiger partial charge in [0.2, 0.25) is 0 Å². The molecule has 2 rings (SSSR count). The molecule has 0 atom stereocenters. The van der Waals surface area contributed by atoms with Gasteiger partial charge in [0.25, 0.3) is 11.8 Å². The van der Waals surface area contributed by atoms with Crippen LogP contribution in [0.2, 0.25) is 0 Å². The lowest BCUT2D eigenvalue weighted by molar-refractivity contribution is 0.0842. The number of ether oxygens (including phenoxy) is 4. The van der Waals surface area contributed by atoms with E-state index in [4.69, 9.17) is 18.9 Å². The minimum absolute atomic E-state index is 0.262. The maximum Gasteiger partial charge on any atom is 0.273 e. The summed E-state index contributed by atoms with van der Waals surface area (Å²) in [5, 5.41) is 0. The summed E-state index contributed by atoms with van der Waals surface area (Å²) in [6.07, 6.45) is 0. The number of benzene rings is 2. The predicted octanol–water partition coefficient (Wildman–Crippen LogP) is 2.57. The fourth-order valence-electron chi connectivity index (χ4n) is 2.27. The molecule has 8 nitrogen and oxygen atoms in total. The molecule has 0 aromatic heterocycles. The molecule has 2 aromatic carbocycles. The van der Waals surface area contributed by atoms with Crippen molar-refractivity contribution in [2.24, 2.45) is 0 Å². The van der Waals surface area contributed by atoms with Crippen LogP contribution in [-0.4, -0.2) is 46.4 Å². The zero-order valence-electron chi connectivity index (χ0n) is 15.7. The highest BCUT2D eigenvalue weighted by molar-refractivity contribution is 9.10. The normalized spacial score (nSPS) is 10.1. The van der Waals surface area contributed by atoms with Crippen LogP contribution in [0.25, 0.3) is 0 Å². The Bertz CT molecular complexity index is 843. The van der Waals surface area contributed by atoms with Crippen molar-refractivity contribution in [3.05, 3.63) is 52.0 Å². The van der Waals surface area contributed by atoms with E-state index in [1.54, 1.807) is 37.4 Å². The number of carbonyl (C=O) groups is 2. The van der Waals surface area contributed by atoms with Crippen LogP contribution in [0, 0.1) is 0 Å². The Labute approximate surface area is 171 Å². The molecule has 2 amide bonds. The van der Waals surface area contributed by atoms with E-state index in [9.17, 15) is 9.59 Å². The van der Waals surface area contributed by atoms with Crippen LogP contribution in [0.5, 0.6) is 17.2 Å². The van der Waals surface area contributed by atoms with Crippen molar-refractivity contribution < 1.29 is 28.5 Å². The molecular weight excluding hydrogens is 432 g/mol. The summed E-state index contributed by atoms with van der Waals surface area (Å²) in [5.74, 6) is 0.240. The summed E-state index contributed by atoms with van der Waals surface area (Å²) < 4.78 is 21.5. The van der Waals surface area contributed by atoms with Crippen molar-refractivity contribution in [1.29, 1.82) is 0 Å². The molecule has 0 aliphatic heterocycles. The molecule has 28 heavy (non-hydrogen) atoms.